The Labute approximate surface area is 175 Å². The summed E-state index contributed by atoms with van der Waals surface area (Å²) in [7, 11) is -4.79. The molecule has 0 aliphatic rings. The summed E-state index contributed by atoms with van der Waals surface area (Å²) in [6.45, 7) is -0.928. The van der Waals surface area contributed by atoms with E-state index in [-0.39, 0.29) is 87.9 Å². The molecule has 0 rings (SSSR count). The van der Waals surface area contributed by atoms with E-state index in [4.69, 9.17) is 30.2 Å². The van der Waals surface area contributed by atoms with Crippen LogP contribution in [0.15, 0.2) is 0 Å². The number of aliphatic hydroxyl groups is 3. The minimum atomic E-state index is -4.79. The topological polar surface area (TPSA) is 165 Å². The first-order valence-electron chi connectivity index (χ1n) is 4.09. The maximum atomic E-state index is 10.2. The summed E-state index contributed by atoms with van der Waals surface area (Å²) in [4.78, 5) is 26.7. The molecule has 0 saturated heterocycles. The quantitative estimate of drug-likeness (QED) is 0.196. The molecule has 0 saturated carbocycles. The van der Waals surface area contributed by atoms with Crippen LogP contribution >= 0.6 is 7.82 Å². The summed E-state index contributed by atoms with van der Waals surface area (Å²) in [5.74, 6) is -1.39. The van der Waals surface area contributed by atoms with Crippen LogP contribution in [-0.2, 0) is 13.9 Å². The summed E-state index contributed by atoms with van der Waals surface area (Å²) >= 11 is 0. The van der Waals surface area contributed by atoms with Crippen molar-refractivity contribution in [2.45, 2.75) is 24.7 Å². The van der Waals surface area contributed by atoms with E-state index in [1.54, 1.807) is 0 Å². The molecule has 0 amide bonds. The third kappa shape index (κ3) is 16.4. The van der Waals surface area contributed by atoms with Crippen LogP contribution in [0.4, 0.5) is 0 Å². The second-order valence-corrected chi connectivity index (χ2v) is 4.25. The van der Waals surface area contributed by atoms with E-state index in [9.17, 15) is 9.36 Å². The largest absolute Gasteiger partial charge is 2.00 e. The number of hydrogen-bond donors (Lipinski definition) is 6. The molecule has 6 N–H and O–H groups in total. The molecule has 13 heteroatoms. The van der Waals surface area contributed by atoms with Gasteiger partial charge in [0, 0.05) is 0 Å². The minimum Gasteiger partial charge on any atom is -1.00 e. The zero-order valence-electron chi connectivity index (χ0n) is 14.7. The van der Waals surface area contributed by atoms with Crippen LogP contribution in [0.25, 0.3) is 0 Å². The number of carboxylic acids is 1. The maximum absolute atomic E-state index is 10.2. The van der Waals surface area contributed by atoms with Gasteiger partial charge < -0.3 is 35.9 Å². The van der Waals surface area contributed by atoms with Crippen LogP contribution in [0.3, 0.4) is 0 Å². The summed E-state index contributed by atoms with van der Waals surface area (Å²) < 4.78 is 14.1. The number of phosphoric acid groups is 1. The van der Waals surface area contributed by atoms with E-state index in [0.717, 1.165) is 0 Å². The van der Waals surface area contributed by atoms with E-state index in [1.807, 2.05) is 0 Å². The monoisotopic (exact) mass is 334 g/mol. The number of rotatable bonds is 7. The minimum absolute atomic E-state index is 0. The van der Waals surface area contributed by atoms with Gasteiger partial charge in [0.1, 0.15) is 12.2 Å². The van der Waals surface area contributed by atoms with E-state index < -0.39 is 45.1 Å². The molecule has 0 fully saturated rings. The summed E-state index contributed by atoms with van der Waals surface area (Å²) in [5, 5.41) is 35.5. The van der Waals surface area contributed by atoms with Gasteiger partial charge in [-0.15, -0.1) is 0 Å². The molecule has 0 unspecified atom stereocenters. The van der Waals surface area contributed by atoms with Gasteiger partial charge in [-0.3, -0.25) is 9.32 Å². The number of aliphatic carboxylic acids is 1. The molecule has 0 bridgehead atoms. The van der Waals surface area contributed by atoms with Crippen molar-refractivity contribution in [1.82, 2.24) is 0 Å². The molecule has 9 nitrogen and oxygen atoms in total. The standard InChI is InChI=1S/C6H13O9P.Mg.2Na.4H/c7-3(1-5(9)10)6(11)4(8)2-15-16(12,13)14;;;;;;;/h3-4,6-8,11H,1-2H2,(H,9,10)(H2,12,13,14);;;;;;;/q;+2;2*+1;4*-1/t3-,4-,6+;;;;;;;/m1......./s1. The van der Waals surface area contributed by atoms with Crippen LogP contribution in [0.2, 0.25) is 0 Å². The summed E-state index contributed by atoms with van der Waals surface area (Å²) in [6, 6.07) is 0. The van der Waals surface area contributed by atoms with Crippen molar-refractivity contribution in [2.24, 2.45) is 0 Å². The Morgan fingerprint density at radius 1 is 1.16 bits per heavy atom. The molecule has 104 valence electrons. The third-order valence-corrected chi connectivity index (χ3v) is 2.07. The average Bonchev–Trinajstić information content (AvgIpc) is 2.10. The van der Waals surface area contributed by atoms with Gasteiger partial charge in [0.25, 0.3) is 0 Å². The molecule has 0 aromatic rings. The Bertz CT molecular complexity index is 303. The molecular formula is C6H17MgNa2O9P. The van der Waals surface area contributed by atoms with Gasteiger partial charge in [-0.25, -0.2) is 4.57 Å². The van der Waals surface area contributed by atoms with Gasteiger partial charge in [-0.1, -0.05) is 0 Å². The van der Waals surface area contributed by atoms with Gasteiger partial charge >= 0.3 is 96.0 Å². The molecule has 0 aliphatic carbocycles. The SMILES string of the molecule is O=C(O)C[C@@H](O)[C@H](O)[C@H](O)COP(=O)(O)O.[H-].[H-].[H-].[H-].[Mg+2].[Na+].[Na+]. The second kappa shape index (κ2) is 13.9. The van der Waals surface area contributed by atoms with Crippen molar-refractivity contribution in [3.05, 3.63) is 0 Å². The van der Waals surface area contributed by atoms with Crippen LogP contribution in [0, 0.1) is 0 Å². The Morgan fingerprint density at radius 3 is 1.89 bits per heavy atom. The molecule has 0 aromatic carbocycles. The van der Waals surface area contributed by atoms with Crippen molar-refractivity contribution in [3.63, 3.8) is 0 Å². The number of phosphoric ester groups is 1. The first kappa shape index (κ1) is 29.3. The Kier molecular flexibility index (Phi) is 21.3. The maximum Gasteiger partial charge on any atom is 2.00 e. The van der Waals surface area contributed by atoms with Crippen molar-refractivity contribution < 1.29 is 109 Å². The molecule has 0 aliphatic heterocycles. The molecule has 0 aromatic heterocycles. The number of carboxylic acid groups (broad SMARTS) is 1. The predicted octanol–water partition coefficient (Wildman–Crippen LogP) is -8.27. The van der Waals surface area contributed by atoms with E-state index >= 15 is 0 Å². The van der Waals surface area contributed by atoms with Gasteiger partial charge in [-0.2, -0.15) is 0 Å². The van der Waals surface area contributed by atoms with Crippen LogP contribution in [0.1, 0.15) is 12.1 Å². The fourth-order valence-corrected chi connectivity index (χ4v) is 1.18. The molecule has 19 heavy (non-hydrogen) atoms. The summed E-state index contributed by atoms with van der Waals surface area (Å²) in [6.07, 6.45) is -6.24. The van der Waals surface area contributed by atoms with Crippen molar-refractivity contribution in [3.8, 4) is 0 Å². The molecule has 0 heterocycles. The Hall–Kier alpha value is 2.23. The number of carbonyl (C=O) groups is 1. The first-order valence-corrected chi connectivity index (χ1v) is 5.62. The van der Waals surface area contributed by atoms with Crippen LogP contribution in [0.5, 0.6) is 0 Å². The normalized spacial score (nSPS) is 15.0. The van der Waals surface area contributed by atoms with E-state index in [0.29, 0.717) is 0 Å². The van der Waals surface area contributed by atoms with Crippen LogP contribution < -0.4 is 59.1 Å². The Morgan fingerprint density at radius 2 is 1.58 bits per heavy atom. The smallest absolute Gasteiger partial charge is 1.00 e. The number of aliphatic hydroxyl groups excluding tert-OH is 3. The first-order chi connectivity index (χ1) is 7.13. The van der Waals surface area contributed by atoms with E-state index in [1.165, 1.54) is 0 Å². The average molecular weight is 334 g/mol. The second-order valence-electron chi connectivity index (χ2n) is 3.01. The molecular weight excluding hydrogens is 317 g/mol. The molecule has 3 atom stereocenters. The van der Waals surface area contributed by atoms with Gasteiger partial charge in [-0.05, 0) is 0 Å². The fraction of sp³-hybridized carbons (Fsp3) is 0.833. The fourth-order valence-electron chi connectivity index (χ4n) is 0.828. The van der Waals surface area contributed by atoms with Gasteiger partial charge in [0.2, 0.25) is 0 Å². The molecule has 0 spiro atoms. The van der Waals surface area contributed by atoms with Crippen molar-refractivity contribution >= 4 is 36.8 Å². The van der Waals surface area contributed by atoms with Crippen molar-refractivity contribution in [2.75, 3.05) is 6.61 Å². The van der Waals surface area contributed by atoms with Crippen molar-refractivity contribution in [1.29, 1.82) is 0 Å². The molecule has 0 radical (unpaired) electrons. The third-order valence-electron chi connectivity index (χ3n) is 1.59. The van der Waals surface area contributed by atoms with Gasteiger partial charge in [0.15, 0.2) is 0 Å². The zero-order valence-corrected chi connectivity index (χ0v) is 17.0. The van der Waals surface area contributed by atoms with Gasteiger partial charge in [0.05, 0.1) is 19.1 Å². The number of hydrogen-bond acceptors (Lipinski definition) is 6. The summed E-state index contributed by atoms with van der Waals surface area (Å²) in [5.41, 5.74) is 0. The predicted molar refractivity (Wildman–Crippen MR) is 58.5 cm³/mol. The van der Waals surface area contributed by atoms with E-state index in [2.05, 4.69) is 4.52 Å². The van der Waals surface area contributed by atoms with Crippen LogP contribution in [-0.4, -0.2) is 84.2 Å². The Balaban J connectivity index is -0.0000000536. The zero-order chi connectivity index (χ0) is 12.9.